The Morgan fingerprint density at radius 3 is 2.38 bits per heavy atom. The second-order valence-corrected chi connectivity index (χ2v) is 3.38. The Bertz CT molecular complexity index is 460. The molecule has 2 nitrogen and oxygen atoms in total. The van der Waals surface area contributed by atoms with E-state index < -0.39 is 12.7 Å². The van der Waals surface area contributed by atoms with Crippen molar-refractivity contribution in [3.63, 3.8) is 0 Å². The highest BCUT2D eigenvalue weighted by atomic mass is 19.4. The van der Waals surface area contributed by atoms with Crippen molar-refractivity contribution in [2.45, 2.75) is 12.7 Å². The first-order valence-corrected chi connectivity index (χ1v) is 4.70. The molecule has 0 bridgehead atoms. The van der Waals surface area contributed by atoms with Crippen LogP contribution < -0.4 is 0 Å². The van der Waals surface area contributed by atoms with Crippen molar-refractivity contribution in [3.05, 3.63) is 42.6 Å². The van der Waals surface area contributed by atoms with Gasteiger partial charge in [-0.3, -0.25) is 4.68 Å². The zero-order chi connectivity index (χ0) is 11.6. The van der Waals surface area contributed by atoms with Crippen LogP contribution in [0.5, 0.6) is 0 Å². The van der Waals surface area contributed by atoms with Gasteiger partial charge in [0.25, 0.3) is 0 Å². The summed E-state index contributed by atoms with van der Waals surface area (Å²) >= 11 is 0. The van der Waals surface area contributed by atoms with Crippen molar-refractivity contribution in [3.8, 4) is 11.3 Å². The van der Waals surface area contributed by atoms with Gasteiger partial charge in [0.05, 0.1) is 5.69 Å². The summed E-state index contributed by atoms with van der Waals surface area (Å²) in [5.41, 5.74) is 1.35. The maximum absolute atomic E-state index is 12.1. The predicted octanol–water partition coefficient (Wildman–Crippen LogP) is 3.11. The van der Waals surface area contributed by atoms with E-state index in [1.165, 1.54) is 6.20 Å². The molecule has 0 aliphatic carbocycles. The monoisotopic (exact) mass is 226 g/mol. The van der Waals surface area contributed by atoms with Crippen LogP contribution in [-0.4, -0.2) is 16.0 Å². The number of alkyl halides is 3. The van der Waals surface area contributed by atoms with E-state index >= 15 is 0 Å². The van der Waals surface area contributed by atoms with Crippen LogP contribution in [0.25, 0.3) is 11.3 Å². The van der Waals surface area contributed by atoms with Gasteiger partial charge in [-0.25, -0.2) is 0 Å². The van der Waals surface area contributed by atoms with E-state index in [1.54, 1.807) is 18.2 Å². The highest BCUT2D eigenvalue weighted by Gasteiger charge is 2.28. The minimum absolute atomic E-state index is 0.546. The van der Waals surface area contributed by atoms with Crippen LogP contribution in [0.2, 0.25) is 0 Å². The van der Waals surface area contributed by atoms with Gasteiger partial charge in [-0.2, -0.15) is 18.3 Å². The van der Waals surface area contributed by atoms with Gasteiger partial charge in [-0.15, -0.1) is 0 Å². The maximum atomic E-state index is 12.1. The Hall–Kier alpha value is -1.78. The second-order valence-electron chi connectivity index (χ2n) is 3.38. The molecular weight excluding hydrogens is 217 g/mol. The highest BCUT2D eigenvalue weighted by molar-refractivity contribution is 5.57. The number of halogens is 3. The molecule has 0 aliphatic heterocycles. The van der Waals surface area contributed by atoms with Gasteiger partial charge < -0.3 is 0 Å². The van der Waals surface area contributed by atoms with E-state index in [0.717, 1.165) is 10.2 Å². The predicted molar refractivity (Wildman–Crippen MR) is 53.7 cm³/mol. The number of benzene rings is 1. The molecule has 1 heterocycles. The maximum Gasteiger partial charge on any atom is 0.408 e. The lowest BCUT2D eigenvalue weighted by Gasteiger charge is -2.05. The summed E-state index contributed by atoms with van der Waals surface area (Å²) in [4.78, 5) is 0. The Labute approximate surface area is 90.3 Å². The quantitative estimate of drug-likeness (QED) is 0.769. The molecular formula is C11H9F3N2. The lowest BCUT2D eigenvalue weighted by Crippen LogP contribution is -2.17. The molecule has 0 aliphatic rings. The topological polar surface area (TPSA) is 17.8 Å². The lowest BCUT2D eigenvalue weighted by molar-refractivity contribution is -0.142. The second kappa shape index (κ2) is 4.00. The largest absolute Gasteiger partial charge is 0.408 e. The van der Waals surface area contributed by atoms with E-state index in [2.05, 4.69) is 5.10 Å². The van der Waals surface area contributed by atoms with Gasteiger partial charge in [-0.05, 0) is 6.07 Å². The number of aromatic nitrogens is 2. The molecule has 2 aromatic rings. The minimum atomic E-state index is -4.24. The first-order chi connectivity index (χ1) is 7.54. The zero-order valence-electron chi connectivity index (χ0n) is 8.28. The summed E-state index contributed by atoms with van der Waals surface area (Å²) in [5.74, 6) is 0. The Kier molecular flexibility index (Phi) is 2.68. The molecule has 0 fully saturated rings. The summed E-state index contributed by atoms with van der Waals surface area (Å²) in [6.07, 6.45) is -2.91. The molecule has 0 spiro atoms. The fourth-order valence-electron chi connectivity index (χ4n) is 1.40. The van der Waals surface area contributed by atoms with Gasteiger partial charge in [0.1, 0.15) is 6.54 Å². The summed E-state index contributed by atoms with van der Waals surface area (Å²) < 4.78 is 37.2. The van der Waals surface area contributed by atoms with E-state index in [-0.39, 0.29) is 0 Å². The Morgan fingerprint density at radius 1 is 1.06 bits per heavy atom. The van der Waals surface area contributed by atoms with Crippen molar-refractivity contribution < 1.29 is 13.2 Å². The van der Waals surface area contributed by atoms with Crippen LogP contribution in [-0.2, 0) is 6.54 Å². The Balaban J connectivity index is 2.21. The van der Waals surface area contributed by atoms with Crippen molar-refractivity contribution in [2.75, 3.05) is 0 Å². The third kappa shape index (κ3) is 2.62. The molecule has 0 amide bonds. The first-order valence-electron chi connectivity index (χ1n) is 4.70. The average Bonchev–Trinajstić information content (AvgIpc) is 2.65. The van der Waals surface area contributed by atoms with E-state index in [4.69, 9.17) is 0 Å². The molecule has 0 radical (unpaired) electrons. The SMILES string of the molecule is FC(F)(F)Cn1ccc(-c2ccccc2)n1. The normalized spacial score (nSPS) is 11.7. The van der Waals surface area contributed by atoms with Crippen LogP contribution in [0, 0.1) is 0 Å². The molecule has 1 aromatic heterocycles. The van der Waals surface area contributed by atoms with Gasteiger partial charge in [0, 0.05) is 11.8 Å². The van der Waals surface area contributed by atoms with Crippen LogP contribution >= 0.6 is 0 Å². The molecule has 16 heavy (non-hydrogen) atoms. The van der Waals surface area contributed by atoms with E-state index in [0.29, 0.717) is 5.69 Å². The first kappa shape index (κ1) is 10.7. The van der Waals surface area contributed by atoms with Crippen LogP contribution in [0.15, 0.2) is 42.6 Å². The fraction of sp³-hybridized carbons (Fsp3) is 0.182. The van der Waals surface area contributed by atoms with E-state index in [9.17, 15) is 13.2 Å². The van der Waals surface area contributed by atoms with Crippen molar-refractivity contribution >= 4 is 0 Å². The number of hydrogen-bond donors (Lipinski definition) is 0. The Morgan fingerprint density at radius 2 is 1.75 bits per heavy atom. The smallest absolute Gasteiger partial charge is 0.263 e. The molecule has 0 atom stereocenters. The number of hydrogen-bond acceptors (Lipinski definition) is 1. The van der Waals surface area contributed by atoms with Gasteiger partial charge in [0.15, 0.2) is 0 Å². The fourth-order valence-corrected chi connectivity index (χ4v) is 1.40. The summed E-state index contributed by atoms with van der Waals surface area (Å²) in [6, 6.07) is 10.7. The standard InChI is InChI=1S/C11H9F3N2/c12-11(13,14)8-16-7-6-10(15-16)9-4-2-1-3-5-9/h1-7H,8H2. The number of rotatable bonds is 2. The van der Waals surface area contributed by atoms with Crippen molar-refractivity contribution in [1.82, 2.24) is 9.78 Å². The zero-order valence-corrected chi connectivity index (χ0v) is 8.28. The summed E-state index contributed by atoms with van der Waals surface area (Å²) in [6.45, 7) is -1.06. The summed E-state index contributed by atoms with van der Waals surface area (Å²) in [7, 11) is 0. The molecule has 0 saturated heterocycles. The van der Waals surface area contributed by atoms with Gasteiger partial charge in [-0.1, -0.05) is 30.3 Å². The molecule has 0 N–H and O–H groups in total. The minimum Gasteiger partial charge on any atom is -0.263 e. The lowest BCUT2D eigenvalue weighted by atomic mass is 10.2. The average molecular weight is 226 g/mol. The molecule has 0 unspecified atom stereocenters. The van der Waals surface area contributed by atoms with Crippen molar-refractivity contribution in [2.24, 2.45) is 0 Å². The van der Waals surface area contributed by atoms with E-state index in [1.807, 2.05) is 18.2 Å². The highest BCUT2D eigenvalue weighted by Crippen LogP contribution is 2.20. The van der Waals surface area contributed by atoms with Crippen molar-refractivity contribution in [1.29, 1.82) is 0 Å². The molecule has 0 saturated carbocycles. The molecule has 5 heteroatoms. The molecule has 2 rings (SSSR count). The summed E-state index contributed by atoms with van der Waals surface area (Å²) in [5, 5.41) is 3.86. The van der Waals surface area contributed by atoms with Gasteiger partial charge >= 0.3 is 6.18 Å². The molecule has 1 aromatic carbocycles. The third-order valence-electron chi connectivity index (χ3n) is 2.05. The van der Waals surface area contributed by atoms with Crippen LogP contribution in [0.3, 0.4) is 0 Å². The third-order valence-corrected chi connectivity index (χ3v) is 2.05. The van der Waals surface area contributed by atoms with Crippen LogP contribution in [0.1, 0.15) is 0 Å². The molecule has 84 valence electrons. The van der Waals surface area contributed by atoms with Gasteiger partial charge in [0.2, 0.25) is 0 Å². The number of nitrogens with zero attached hydrogens (tertiary/aromatic N) is 2. The van der Waals surface area contributed by atoms with Crippen LogP contribution in [0.4, 0.5) is 13.2 Å².